The van der Waals surface area contributed by atoms with Gasteiger partial charge in [0, 0.05) is 6.92 Å². The molecule has 0 N–H and O–H groups in total. The summed E-state index contributed by atoms with van der Waals surface area (Å²) >= 11 is 0. The van der Waals surface area contributed by atoms with Crippen LogP contribution in [0.3, 0.4) is 0 Å². The summed E-state index contributed by atoms with van der Waals surface area (Å²) in [5.41, 5.74) is 3.17. The minimum absolute atomic E-state index is 1.25. The molecule has 2 nitrogen and oxygen atoms in total. The standard InChI is InChI=1S/C18H16.C4H4O.C2H3N/c1-3-7-15-13(5-1)9-11-18-16-8-4-2-6-14(16)10-12-17(15)18;1-2-4-5-3-1;1-2-3/h1,3,5,7,9-12H,2,4,6,8H2;1-4H;1H3. The van der Waals surface area contributed by atoms with E-state index in [1.54, 1.807) is 29.7 Å². The average molecular weight is 341 g/mol. The van der Waals surface area contributed by atoms with Crippen molar-refractivity contribution in [3.63, 3.8) is 0 Å². The predicted octanol–water partition coefficient (Wildman–Crippen LogP) is 6.68. The lowest BCUT2D eigenvalue weighted by molar-refractivity contribution is 0.567. The fourth-order valence-corrected chi connectivity index (χ4v) is 3.57. The van der Waals surface area contributed by atoms with Gasteiger partial charge in [-0.15, -0.1) is 0 Å². The van der Waals surface area contributed by atoms with Gasteiger partial charge in [-0.3, -0.25) is 0 Å². The highest BCUT2D eigenvalue weighted by Crippen LogP contribution is 2.33. The van der Waals surface area contributed by atoms with Gasteiger partial charge in [-0.05, 0) is 70.5 Å². The summed E-state index contributed by atoms with van der Waals surface area (Å²) < 4.78 is 4.58. The third-order valence-electron chi connectivity index (χ3n) is 4.68. The van der Waals surface area contributed by atoms with E-state index in [0.29, 0.717) is 0 Å². The fraction of sp³-hybridized carbons (Fsp3) is 0.208. The topological polar surface area (TPSA) is 36.9 Å². The summed E-state index contributed by atoms with van der Waals surface area (Å²) in [6.07, 6.45) is 8.47. The van der Waals surface area contributed by atoms with Crippen molar-refractivity contribution in [2.45, 2.75) is 32.6 Å². The van der Waals surface area contributed by atoms with Crippen molar-refractivity contribution in [1.82, 2.24) is 0 Å². The molecule has 0 aliphatic heterocycles. The van der Waals surface area contributed by atoms with Crippen LogP contribution in [0.4, 0.5) is 0 Å². The maximum atomic E-state index is 7.32. The Morgan fingerprint density at radius 1 is 0.769 bits per heavy atom. The highest BCUT2D eigenvalue weighted by atomic mass is 16.3. The zero-order valence-electron chi connectivity index (χ0n) is 15.1. The highest BCUT2D eigenvalue weighted by molar-refractivity contribution is 6.08. The van der Waals surface area contributed by atoms with Gasteiger partial charge in [0.15, 0.2) is 0 Å². The lowest BCUT2D eigenvalue weighted by atomic mass is 9.86. The molecule has 0 spiro atoms. The van der Waals surface area contributed by atoms with Crippen LogP contribution in [-0.2, 0) is 12.8 Å². The number of aryl methyl sites for hydroxylation is 2. The van der Waals surface area contributed by atoms with Crippen LogP contribution in [0.1, 0.15) is 30.9 Å². The van der Waals surface area contributed by atoms with E-state index in [-0.39, 0.29) is 0 Å². The minimum Gasteiger partial charge on any atom is -0.473 e. The summed E-state index contributed by atoms with van der Waals surface area (Å²) in [5, 5.41) is 13.0. The molecule has 5 rings (SSSR count). The van der Waals surface area contributed by atoms with Crippen LogP contribution in [0, 0.1) is 11.3 Å². The summed E-state index contributed by atoms with van der Waals surface area (Å²) in [5.74, 6) is 0. The molecule has 0 atom stereocenters. The van der Waals surface area contributed by atoms with Crippen LogP contribution in [0.5, 0.6) is 0 Å². The Bertz CT molecular complexity index is 992. The second-order valence-electron chi connectivity index (χ2n) is 6.31. The van der Waals surface area contributed by atoms with Gasteiger partial charge in [-0.25, -0.2) is 0 Å². The van der Waals surface area contributed by atoms with Gasteiger partial charge in [-0.1, -0.05) is 48.5 Å². The van der Waals surface area contributed by atoms with Crippen molar-refractivity contribution in [3.8, 4) is 6.07 Å². The van der Waals surface area contributed by atoms with E-state index in [2.05, 4.69) is 52.9 Å². The molecule has 1 heterocycles. The number of fused-ring (bicyclic) bond motifs is 5. The summed E-state index contributed by atoms with van der Waals surface area (Å²) in [6, 6.07) is 23.4. The van der Waals surface area contributed by atoms with Crippen molar-refractivity contribution in [1.29, 1.82) is 5.26 Å². The van der Waals surface area contributed by atoms with Crippen molar-refractivity contribution in [2.24, 2.45) is 0 Å². The van der Waals surface area contributed by atoms with Crippen LogP contribution in [0.25, 0.3) is 21.5 Å². The maximum Gasteiger partial charge on any atom is 0.0902 e. The number of rotatable bonds is 0. The Kier molecular flexibility index (Phi) is 6.06. The Morgan fingerprint density at radius 3 is 2.19 bits per heavy atom. The molecule has 26 heavy (non-hydrogen) atoms. The van der Waals surface area contributed by atoms with E-state index in [0.717, 1.165) is 0 Å². The SMILES string of the molecule is CC#N.c1ccc2c(c1)ccc1c3c(ccc12)CCCC3.c1ccoc1. The summed E-state index contributed by atoms with van der Waals surface area (Å²) in [6.45, 7) is 1.43. The van der Waals surface area contributed by atoms with Crippen LogP contribution >= 0.6 is 0 Å². The van der Waals surface area contributed by atoms with Crippen LogP contribution in [0.15, 0.2) is 77.6 Å². The van der Waals surface area contributed by atoms with Crippen molar-refractivity contribution < 1.29 is 4.42 Å². The number of nitrogens with zero attached hydrogens (tertiary/aromatic N) is 1. The van der Waals surface area contributed by atoms with E-state index >= 15 is 0 Å². The first-order valence-electron chi connectivity index (χ1n) is 9.05. The van der Waals surface area contributed by atoms with Crippen LogP contribution in [-0.4, -0.2) is 0 Å². The zero-order chi connectivity index (χ0) is 18.2. The van der Waals surface area contributed by atoms with E-state index in [1.807, 2.05) is 12.1 Å². The van der Waals surface area contributed by atoms with Gasteiger partial charge < -0.3 is 4.42 Å². The Balaban J connectivity index is 0.000000207. The molecule has 0 amide bonds. The van der Waals surface area contributed by atoms with Gasteiger partial charge in [0.1, 0.15) is 0 Å². The predicted molar refractivity (Wildman–Crippen MR) is 108 cm³/mol. The first kappa shape index (κ1) is 17.8. The zero-order valence-corrected chi connectivity index (χ0v) is 15.1. The Labute approximate surface area is 154 Å². The van der Waals surface area contributed by atoms with Gasteiger partial charge >= 0.3 is 0 Å². The molecule has 130 valence electrons. The van der Waals surface area contributed by atoms with E-state index < -0.39 is 0 Å². The highest BCUT2D eigenvalue weighted by Gasteiger charge is 2.13. The number of hydrogen-bond donors (Lipinski definition) is 0. The quantitative estimate of drug-likeness (QED) is 0.334. The molecule has 0 saturated heterocycles. The van der Waals surface area contributed by atoms with E-state index in [4.69, 9.17) is 5.26 Å². The van der Waals surface area contributed by atoms with Crippen LogP contribution < -0.4 is 0 Å². The average Bonchev–Trinajstić information content (AvgIpc) is 3.28. The summed E-state index contributed by atoms with van der Waals surface area (Å²) in [7, 11) is 0. The second kappa shape index (κ2) is 8.87. The molecule has 3 aromatic carbocycles. The van der Waals surface area contributed by atoms with Gasteiger partial charge in [0.2, 0.25) is 0 Å². The molecule has 0 fully saturated rings. The monoisotopic (exact) mass is 341 g/mol. The molecule has 0 bridgehead atoms. The molecule has 4 aromatic rings. The first-order chi connectivity index (χ1) is 12.8. The minimum atomic E-state index is 1.25. The van der Waals surface area contributed by atoms with Crippen molar-refractivity contribution >= 4 is 21.5 Å². The number of furan rings is 1. The maximum absolute atomic E-state index is 7.32. The van der Waals surface area contributed by atoms with Gasteiger partial charge in [0.25, 0.3) is 0 Å². The van der Waals surface area contributed by atoms with E-state index in [9.17, 15) is 0 Å². The third kappa shape index (κ3) is 3.95. The molecule has 1 aliphatic rings. The molecular weight excluding hydrogens is 318 g/mol. The lowest BCUT2D eigenvalue weighted by Crippen LogP contribution is -2.02. The fourth-order valence-electron chi connectivity index (χ4n) is 3.57. The normalized spacial score (nSPS) is 12.2. The van der Waals surface area contributed by atoms with Crippen molar-refractivity contribution in [3.05, 3.63) is 84.3 Å². The second-order valence-corrected chi connectivity index (χ2v) is 6.31. The Morgan fingerprint density at radius 2 is 1.46 bits per heavy atom. The molecular formula is C24H23NO. The molecule has 0 radical (unpaired) electrons. The molecule has 1 aliphatic carbocycles. The molecule has 0 unspecified atom stereocenters. The first-order valence-corrected chi connectivity index (χ1v) is 9.05. The lowest BCUT2D eigenvalue weighted by Gasteiger charge is -2.18. The third-order valence-corrected chi connectivity index (χ3v) is 4.68. The largest absolute Gasteiger partial charge is 0.473 e. The van der Waals surface area contributed by atoms with Crippen molar-refractivity contribution in [2.75, 3.05) is 0 Å². The van der Waals surface area contributed by atoms with Crippen LogP contribution in [0.2, 0.25) is 0 Å². The molecule has 0 saturated carbocycles. The number of hydrogen-bond acceptors (Lipinski definition) is 2. The Hall–Kier alpha value is -3.05. The number of benzene rings is 3. The molecule has 1 aromatic heterocycles. The van der Waals surface area contributed by atoms with Gasteiger partial charge in [0.05, 0.1) is 18.6 Å². The van der Waals surface area contributed by atoms with Gasteiger partial charge in [-0.2, -0.15) is 5.26 Å². The summed E-state index contributed by atoms with van der Waals surface area (Å²) in [4.78, 5) is 0. The molecule has 2 heteroatoms. The number of nitriles is 1. The smallest absolute Gasteiger partial charge is 0.0902 e. The van der Waals surface area contributed by atoms with E-state index in [1.165, 1.54) is 54.2 Å².